The molecule has 0 bridgehead atoms. The van der Waals surface area contributed by atoms with Crippen molar-refractivity contribution < 1.29 is 0 Å². The van der Waals surface area contributed by atoms with E-state index in [0.717, 1.165) is 5.82 Å². The van der Waals surface area contributed by atoms with E-state index in [1.807, 2.05) is 24.7 Å². The third-order valence-corrected chi connectivity index (χ3v) is 1.41. The summed E-state index contributed by atoms with van der Waals surface area (Å²) in [7, 11) is 1.93. The summed E-state index contributed by atoms with van der Waals surface area (Å²) < 4.78 is 1.91. The Hall–Kier alpha value is -0.210. The quantitative estimate of drug-likeness (QED) is 0.607. The number of hydrogen-bond donors (Lipinski definition) is 0. The lowest BCUT2D eigenvalue weighted by Gasteiger charge is -2.00. The van der Waals surface area contributed by atoms with Crippen molar-refractivity contribution in [3.63, 3.8) is 0 Å². The van der Waals surface area contributed by atoms with Crippen LogP contribution in [0.1, 0.15) is 18.1 Å². The van der Waals surface area contributed by atoms with Crippen molar-refractivity contribution >= 4 is 24.0 Å². The Morgan fingerprint density at radius 1 is 1.70 bits per heavy atom. The highest BCUT2D eigenvalue weighted by molar-refractivity contribution is 6.20. The summed E-state index contributed by atoms with van der Waals surface area (Å²) in [5.74, 6) is 0.914. The third kappa shape index (κ3) is 1.89. The van der Waals surface area contributed by atoms with Gasteiger partial charge in [0.05, 0.1) is 5.38 Å². The Balaban J connectivity index is 0.000000810. The molecule has 1 atom stereocenters. The molecule has 0 aliphatic rings. The molecule has 0 aliphatic carbocycles. The van der Waals surface area contributed by atoms with Crippen LogP contribution in [0.2, 0.25) is 0 Å². The zero-order valence-electron chi connectivity index (χ0n) is 5.91. The molecule has 0 saturated heterocycles. The van der Waals surface area contributed by atoms with Crippen LogP contribution in [-0.2, 0) is 7.05 Å². The van der Waals surface area contributed by atoms with E-state index in [4.69, 9.17) is 11.6 Å². The van der Waals surface area contributed by atoms with Gasteiger partial charge in [-0.05, 0) is 6.92 Å². The van der Waals surface area contributed by atoms with Crippen LogP contribution in [0, 0.1) is 0 Å². The Labute approximate surface area is 71.6 Å². The number of halogens is 2. The van der Waals surface area contributed by atoms with Gasteiger partial charge < -0.3 is 4.57 Å². The molecular formula is C6H10Cl2N2. The molecule has 58 valence electrons. The van der Waals surface area contributed by atoms with Gasteiger partial charge in [0.15, 0.2) is 0 Å². The summed E-state index contributed by atoms with van der Waals surface area (Å²) in [5, 5.41) is 0.00463. The lowest BCUT2D eigenvalue weighted by Crippen LogP contribution is -1.96. The molecule has 1 aromatic rings. The van der Waals surface area contributed by atoms with Gasteiger partial charge in [-0.15, -0.1) is 24.0 Å². The van der Waals surface area contributed by atoms with Crippen LogP contribution >= 0.6 is 24.0 Å². The maximum absolute atomic E-state index is 5.77. The molecule has 0 saturated carbocycles. The summed E-state index contributed by atoms with van der Waals surface area (Å²) in [4.78, 5) is 4.05. The van der Waals surface area contributed by atoms with Gasteiger partial charge in [0.2, 0.25) is 0 Å². The second-order valence-electron chi connectivity index (χ2n) is 2.01. The van der Waals surface area contributed by atoms with Gasteiger partial charge in [-0.2, -0.15) is 0 Å². The van der Waals surface area contributed by atoms with Gasteiger partial charge in [-0.3, -0.25) is 0 Å². The molecule has 0 aromatic carbocycles. The molecule has 0 spiro atoms. The minimum absolute atomic E-state index is 0. The number of hydrogen-bond acceptors (Lipinski definition) is 1. The number of aryl methyl sites for hydroxylation is 1. The van der Waals surface area contributed by atoms with E-state index < -0.39 is 0 Å². The molecule has 0 N–H and O–H groups in total. The standard InChI is InChI=1S/C6H9ClN2.ClH/c1-5(7)6-8-3-4-9(6)2;/h3-5H,1-2H3;1H. The molecule has 10 heavy (non-hydrogen) atoms. The van der Waals surface area contributed by atoms with Gasteiger partial charge in [-0.1, -0.05) is 0 Å². The first-order valence-electron chi connectivity index (χ1n) is 2.83. The Morgan fingerprint density at radius 2 is 2.30 bits per heavy atom. The monoisotopic (exact) mass is 180 g/mol. The maximum Gasteiger partial charge on any atom is 0.126 e. The minimum atomic E-state index is 0. The third-order valence-electron chi connectivity index (χ3n) is 1.21. The molecule has 0 radical (unpaired) electrons. The fourth-order valence-corrected chi connectivity index (χ4v) is 0.971. The number of rotatable bonds is 1. The first-order valence-corrected chi connectivity index (χ1v) is 3.26. The van der Waals surface area contributed by atoms with Crippen LogP contribution in [0.3, 0.4) is 0 Å². The zero-order valence-corrected chi connectivity index (χ0v) is 7.49. The van der Waals surface area contributed by atoms with Crippen molar-refractivity contribution in [2.24, 2.45) is 7.05 Å². The number of alkyl halides is 1. The van der Waals surface area contributed by atoms with Crippen LogP contribution in [0.25, 0.3) is 0 Å². The summed E-state index contributed by atoms with van der Waals surface area (Å²) >= 11 is 5.77. The fraction of sp³-hybridized carbons (Fsp3) is 0.500. The smallest absolute Gasteiger partial charge is 0.126 e. The Bertz CT molecular complexity index is 195. The Kier molecular flexibility index (Phi) is 3.76. The maximum atomic E-state index is 5.77. The summed E-state index contributed by atoms with van der Waals surface area (Å²) in [5.41, 5.74) is 0. The molecular weight excluding hydrogens is 171 g/mol. The predicted molar refractivity (Wildman–Crippen MR) is 44.7 cm³/mol. The van der Waals surface area contributed by atoms with Crippen LogP contribution in [0.5, 0.6) is 0 Å². The van der Waals surface area contributed by atoms with Crippen LogP contribution in [0.15, 0.2) is 12.4 Å². The minimum Gasteiger partial charge on any atom is -0.337 e. The largest absolute Gasteiger partial charge is 0.337 e. The highest BCUT2D eigenvalue weighted by Gasteiger charge is 2.03. The van der Waals surface area contributed by atoms with Crippen LogP contribution in [-0.4, -0.2) is 9.55 Å². The predicted octanol–water partition coefficient (Wildman–Crippen LogP) is 2.14. The zero-order chi connectivity index (χ0) is 6.85. The summed E-state index contributed by atoms with van der Waals surface area (Å²) in [6.07, 6.45) is 3.63. The van der Waals surface area contributed by atoms with Crippen molar-refractivity contribution in [2.75, 3.05) is 0 Å². The van der Waals surface area contributed by atoms with E-state index in [1.54, 1.807) is 6.20 Å². The van der Waals surface area contributed by atoms with E-state index in [2.05, 4.69) is 4.98 Å². The second-order valence-corrected chi connectivity index (χ2v) is 2.67. The number of imidazole rings is 1. The molecule has 1 aromatic heterocycles. The molecule has 0 amide bonds. The van der Waals surface area contributed by atoms with Crippen LogP contribution < -0.4 is 0 Å². The number of aromatic nitrogens is 2. The lowest BCUT2D eigenvalue weighted by molar-refractivity contribution is 0.792. The molecule has 1 heterocycles. The van der Waals surface area contributed by atoms with E-state index in [1.165, 1.54) is 0 Å². The number of nitrogens with zero attached hydrogens (tertiary/aromatic N) is 2. The molecule has 0 aliphatic heterocycles. The van der Waals surface area contributed by atoms with Gasteiger partial charge in [0, 0.05) is 19.4 Å². The van der Waals surface area contributed by atoms with Crippen molar-refractivity contribution in [3.8, 4) is 0 Å². The lowest BCUT2D eigenvalue weighted by atomic mass is 10.4. The topological polar surface area (TPSA) is 17.8 Å². The van der Waals surface area contributed by atoms with E-state index >= 15 is 0 Å². The second kappa shape index (κ2) is 3.84. The highest BCUT2D eigenvalue weighted by Crippen LogP contribution is 2.15. The van der Waals surface area contributed by atoms with Gasteiger partial charge in [0.25, 0.3) is 0 Å². The van der Waals surface area contributed by atoms with Crippen molar-refractivity contribution in [1.82, 2.24) is 9.55 Å². The first-order chi connectivity index (χ1) is 4.22. The highest BCUT2D eigenvalue weighted by atomic mass is 35.5. The Morgan fingerprint density at radius 3 is 2.50 bits per heavy atom. The first kappa shape index (κ1) is 9.79. The SMILES string of the molecule is CC(Cl)c1nccn1C.Cl. The molecule has 2 nitrogen and oxygen atoms in total. The summed E-state index contributed by atoms with van der Waals surface area (Å²) in [6.45, 7) is 1.91. The van der Waals surface area contributed by atoms with Gasteiger partial charge >= 0.3 is 0 Å². The molecule has 0 fully saturated rings. The normalized spacial score (nSPS) is 12.3. The van der Waals surface area contributed by atoms with E-state index in [-0.39, 0.29) is 17.8 Å². The molecule has 4 heteroatoms. The van der Waals surface area contributed by atoms with E-state index in [9.17, 15) is 0 Å². The van der Waals surface area contributed by atoms with Gasteiger partial charge in [-0.25, -0.2) is 4.98 Å². The average molecular weight is 181 g/mol. The van der Waals surface area contributed by atoms with E-state index in [0.29, 0.717) is 0 Å². The van der Waals surface area contributed by atoms with Gasteiger partial charge in [0.1, 0.15) is 5.82 Å². The van der Waals surface area contributed by atoms with Crippen LogP contribution in [0.4, 0.5) is 0 Å². The van der Waals surface area contributed by atoms with Crippen molar-refractivity contribution in [2.45, 2.75) is 12.3 Å². The average Bonchev–Trinajstić information content (AvgIpc) is 2.13. The molecule has 1 rings (SSSR count). The summed E-state index contributed by atoms with van der Waals surface area (Å²) in [6, 6.07) is 0. The van der Waals surface area contributed by atoms with Crippen molar-refractivity contribution in [1.29, 1.82) is 0 Å². The molecule has 1 unspecified atom stereocenters. The fourth-order valence-electron chi connectivity index (χ4n) is 0.760. The van der Waals surface area contributed by atoms with Crippen molar-refractivity contribution in [3.05, 3.63) is 18.2 Å².